The summed E-state index contributed by atoms with van der Waals surface area (Å²) in [6, 6.07) is 0.523. The molecule has 0 aromatic rings. The van der Waals surface area contributed by atoms with E-state index in [1.165, 1.54) is 19.3 Å². The molecule has 0 heterocycles. The van der Waals surface area contributed by atoms with Crippen molar-refractivity contribution in [3.63, 3.8) is 0 Å². The second kappa shape index (κ2) is 6.12. The molecule has 1 saturated carbocycles. The van der Waals surface area contributed by atoms with Crippen LogP contribution in [0.25, 0.3) is 0 Å². The molecule has 94 valence electrons. The molecular formula is C13H27N3. The van der Waals surface area contributed by atoms with Crippen molar-refractivity contribution in [2.75, 3.05) is 6.54 Å². The van der Waals surface area contributed by atoms with Gasteiger partial charge in [0, 0.05) is 12.6 Å². The number of aliphatic imine (C=N–C) groups is 1. The second-order valence-corrected chi connectivity index (χ2v) is 5.88. The topological polar surface area (TPSA) is 50.4 Å². The van der Waals surface area contributed by atoms with Crippen LogP contribution >= 0.6 is 0 Å². The number of nitrogens with one attached hydrogen (secondary N) is 1. The Morgan fingerprint density at radius 3 is 2.31 bits per heavy atom. The van der Waals surface area contributed by atoms with Crippen molar-refractivity contribution < 1.29 is 0 Å². The van der Waals surface area contributed by atoms with E-state index < -0.39 is 0 Å². The van der Waals surface area contributed by atoms with Crippen LogP contribution in [0.3, 0.4) is 0 Å². The quantitative estimate of drug-likeness (QED) is 0.572. The number of guanidine groups is 1. The van der Waals surface area contributed by atoms with Crippen LogP contribution in [0.2, 0.25) is 0 Å². The molecule has 2 unspecified atom stereocenters. The number of nitrogens with zero attached hydrogens (tertiary/aromatic N) is 1. The highest BCUT2D eigenvalue weighted by molar-refractivity contribution is 5.78. The van der Waals surface area contributed by atoms with Crippen molar-refractivity contribution in [2.24, 2.45) is 28.5 Å². The van der Waals surface area contributed by atoms with Gasteiger partial charge in [0.15, 0.2) is 5.96 Å². The lowest BCUT2D eigenvalue weighted by Crippen LogP contribution is -2.43. The maximum absolute atomic E-state index is 5.88. The molecule has 3 nitrogen and oxygen atoms in total. The van der Waals surface area contributed by atoms with E-state index in [2.05, 4.69) is 38.0 Å². The third-order valence-corrected chi connectivity index (χ3v) is 3.16. The number of hydrogen-bond donors (Lipinski definition) is 2. The maximum Gasteiger partial charge on any atom is 0.188 e. The molecule has 0 spiro atoms. The average Bonchev–Trinajstić information content (AvgIpc) is 2.12. The molecule has 3 heteroatoms. The molecular weight excluding hydrogens is 198 g/mol. The van der Waals surface area contributed by atoms with Gasteiger partial charge in [0.25, 0.3) is 0 Å². The zero-order valence-electron chi connectivity index (χ0n) is 11.2. The second-order valence-electron chi connectivity index (χ2n) is 5.88. The molecule has 0 aliphatic heterocycles. The van der Waals surface area contributed by atoms with E-state index in [1.807, 2.05) is 0 Å². The number of hydrogen-bond acceptors (Lipinski definition) is 1. The molecule has 0 bridgehead atoms. The van der Waals surface area contributed by atoms with E-state index >= 15 is 0 Å². The molecule has 3 N–H and O–H groups in total. The summed E-state index contributed by atoms with van der Waals surface area (Å²) >= 11 is 0. The summed E-state index contributed by atoms with van der Waals surface area (Å²) in [5.74, 6) is 2.81. The van der Waals surface area contributed by atoms with Crippen molar-refractivity contribution in [1.29, 1.82) is 0 Å². The average molecular weight is 225 g/mol. The van der Waals surface area contributed by atoms with Crippen LogP contribution in [0.1, 0.15) is 47.0 Å². The lowest BCUT2D eigenvalue weighted by molar-refractivity contribution is 0.255. The molecule has 1 fully saturated rings. The summed E-state index contributed by atoms with van der Waals surface area (Å²) < 4.78 is 0. The van der Waals surface area contributed by atoms with Gasteiger partial charge in [-0.3, -0.25) is 4.99 Å². The van der Waals surface area contributed by atoms with E-state index in [4.69, 9.17) is 5.73 Å². The molecule has 16 heavy (non-hydrogen) atoms. The van der Waals surface area contributed by atoms with E-state index in [0.29, 0.717) is 17.9 Å². The Balaban J connectivity index is 2.38. The predicted octanol–water partition coefficient (Wildman–Crippen LogP) is 2.37. The van der Waals surface area contributed by atoms with Gasteiger partial charge in [0.2, 0.25) is 0 Å². The highest BCUT2D eigenvalue weighted by Gasteiger charge is 2.23. The zero-order chi connectivity index (χ0) is 12.1. The first-order valence-electron chi connectivity index (χ1n) is 6.53. The molecule has 1 aliphatic carbocycles. The van der Waals surface area contributed by atoms with Gasteiger partial charge in [-0.15, -0.1) is 0 Å². The minimum Gasteiger partial charge on any atom is -0.370 e. The smallest absolute Gasteiger partial charge is 0.188 e. The summed E-state index contributed by atoms with van der Waals surface area (Å²) in [6.45, 7) is 9.78. The molecule has 0 amide bonds. The van der Waals surface area contributed by atoms with Crippen LogP contribution in [0.5, 0.6) is 0 Å². The first-order chi connectivity index (χ1) is 7.47. The summed E-state index contributed by atoms with van der Waals surface area (Å²) in [4.78, 5) is 4.35. The summed E-state index contributed by atoms with van der Waals surface area (Å²) in [5.41, 5.74) is 5.88. The lowest BCUT2D eigenvalue weighted by Gasteiger charge is -2.32. The van der Waals surface area contributed by atoms with Crippen molar-refractivity contribution >= 4 is 5.96 Å². The van der Waals surface area contributed by atoms with E-state index in [9.17, 15) is 0 Å². The monoisotopic (exact) mass is 225 g/mol. The Hall–Kier alpha value is -0.730. The first kappa shape index (κ1) is 13.3. The van der Waals surface area contributed by atoms with Crippen LogP contribution in [-0.4, -0.2) is 18.5 Å². The normalized spacial score (nSPS) is 31.8. The highest BCUT2D eigenvalue weighted by atomic mass is 15.1. The predicted molar refractivity (Wildman–Crippen MR) is 70.4 cm³/mol. The van der Waals surface area contributed by atoms with Crippen molar-refractivity contribution in [2.45, 2.75) is 53.0 Å². The largest absolute Gasteiger partial charge is 0.370 e. The fourth-order valence-electron chi connectivity index (χ4n) is 2.60. The Bertz CT molecular complexity index is 225. The standard InChI is InChI=1S/C13H27N3/c1-9(2)8-15-13(14)16-12-6-10(3)5-11(4)7-12/h9-12H,5-8H2,1-4H3,(H3,14,15,16). The summed E-state index contributed by atoms with van der Waals surface area (Å²) in [7, 11) is 0. The van der Waals surface area contributed by atoms with E-state index in [0.717, 1.165) is 18.4 Å². The first-order valence-corrected chi connectivity index (χ1v) is 6.53. The molecule has 0 saturated heterocycles. The Labute approximate surface area is 99.9 Å². The van der Waals surface area contributed by atoms with Crippen LogP contribution in [0.15, 0.2) is 4.99 Å². The molecule has 0 radical (unpaired) electrons. The van der Waals surface area contributed by atoms with Crippen molar-refractivity contribution in [3.05, 3.63) is 0 Å². The highest BCUT2D eigenvalue weighted by Crippen LogP contribution is 2.28. The maximum atomic E-state index is 5.88. The fourth-order valence-corrected chi connectivity index (χ4v) is 2.60. The molecule has 0 aromatic heterocycles. The van der Waals surface area contributed by atoms with Gasteiger partial charge in [-0.2, -0.15) is 0 Å². The minimum atomic E-state index is 0.523. The summed E-state index contributed by atoms with van der Waals surface area (Å²) in [6.07, 6.45) is 3.80. The zero-order valence-corrected chi connectivity index (χ0v) is 11.2. The van der Waals surface area contributed by atoms with Gasteiger partial charge in [-0.25, -0.2) is 0 Å². The van der Waals surface area contributed by atoms with Gasteiger partial charge in [0.05, 0.1) is 0 Å². The summed E-state index contributed by atoms with van der Waals surface area (Å²) in [5, 5.41) is 3.36. The van der Waals surface area contributed by atoms with E-state index in [1.54, 1.807) is 0 Å². The minimum absolute atomic E-state index is 0.523. The number of nitrogens with two attached hydrogens (primary N) is 1. The Morgan fingerprint density at radius 2 is 1.81 bits per heavy atom. The van der Waals surface area contributed by atoms with Gasteiger partial charge in [0.1, 0.15) is 0 Å². The molecule has 1 aliphatic rings. The fraction of sp³-hybridized carbons (Fsp3) is 0.923. The van der Waals surface area contributed by atoms with Gasteiger partial charge < -0.3 is 11.1 Å². The Morgan fingerprint density at radius 1 is 1.25 bits per heavy atom. The third kappa shape index (κ3) is 4.86. The molecule has 1 rings (SSSR count). The SMILES string of the molecule is CC(C)CN=C(N)NC1CC(C)CC(C)C1. The lowest BCUT2D eigenvalue weighted by atomic mass is 9.80. The van der Waals surface area contributed by atoms with Crippen LogP contribution in [-0.2, 0) is 0 Å². The van der Waals surface area contributed by atoms with Gasteiger partial charge >= 0.3 is 0 Å². The molecule has 0 aromatic carbocycles. The number of rotatable bonds is 3. The third-order valence-electron chi connectivity index (χ3n) is 3.16. The van der Waals surface area contributed by atoms with Gasteiger partial charge in [-0.05, 0) is 37.0 Å². The van der Waals surface area contributed by atoms with Crippen molar-refractivity contribution in [3.8, 4) is 0 Å². The van der Waals surface area contributed by atoms with Crippen LogP contribution < -0.4 is 11.1 Å². The van der Waals surface area contributed by atoms with Crippen LogP contribution in [0, 0.1) is 17.8 Å². The van der Waals surface area contributed by atoms with E-state index in [-0.39, 0.29) is 0 Å². The van der Waals surface area contributed by atoms with Crippen molar-refractivity contribution in [1.82, 2.24) is 5.32 Å². The Kier molecular flexibility index (Phi) is 5.10. The van der Waals surface area contributed by atoms with Crippen LogP contribution in [0.4, 0.5) is 0 Å². The molecule has 2 atom stereocenters. The van der Waals surface area contributed by atoms with Gasteiger partial charge in [-0.1, -0.05) is 27.7 Å².